The number of aryl methyl sites for hydroxylation is 1. The zero-order valence-electron chi connectivity index (χ0n) is 15.5. The number of fused-ring (bicyclic) bond motifs is 1. The molecule has 26 heavy (non-hydrogen) atoms. The van der Waals surface area contributed by atoms with E-state index >= 15 is 0 Å². The Morgan fingerprint density at radius 3 is 2.65 bits per heavy atom. The molecule has 2 aliphatic rings. The van der Waals surface area contributed by atoms with Gasteiger partial charge in [-0.05, 0) is 18.9 Å². The topological polar surface area (TPSA) is 66.7 Å². The second-order valence-electron chi connectivity index (χ2n) is 7.07. The van der Waals surface area contributed by atoms with Crippen molar-refractivity contribution in [2.24, 2.45) is 7.05 Å². The van der Waals surface area contributed by atoms with Gasteiger partial charge in [0, 0.05) is 52.5 Å². The maximum Gasteiger partial charge on any atom is 0.320 e. The minimum Gasteiger partial charge on any atom is -0.378 e. The van der Waals surface area contributed by atoms with Crippen LogP contribution in [0.4, 0.5) is 10.6 Å². The third-order valence-electron chi connectivity index (χ3n) is 5.54. The molecule has 0 bridgehead atoms. The number of carbonyl (C=O) groups excluding carboxylic acids is 1. The molecule has 0 radical (unpaired) electrons. The number of anilines is 1. The molecule has 2 amide bonds. The van der Waals surface area contributed by atoms with E-state index in [-0.39, 0.29) is 12.1 Å². The number of hydrogen-bond acceptors (Lipinski definition) is 5. The van der Waals surface area contributed by atoms with Crippen molar-refractivity contribution in [3.05, 3.63) is 18.6 Å². The first-order valence-corrected chi connectivity index (χ1v) is 9.25. The van der Waals surface area contributed by atoms with Crippen LogP contribution in [0.1, 0.15) is 12.8 Å². The predicted molar refractivity (Wildman–Crippen MR) is 99.3 cm³/mol. The van der Waals surface area contributed by atoms with Gasteiger partial charge in [0.05, 0.1) is 18.6 Å². The summed E-state index contributed by atoms with van der Waals surface area (Å²) in [6.45, 7) is 4.44. The van der Waals surface area contributed by atoms with Crippen molar-refractivity contribution in [1.82, 2.24) is 24.3 Å². The van der Waals surface area contributed by atoms with Gasteiger partial charge in [-0.1, -0.05) is 0 Å². The Labute approximate surface area is 153 Å². The van der Waals surface area contributed by atoms with Crippen LogP contribution in [0.15, 0.2) is 18.6 Å². The van der Waals surface area contributed by atoms with Crippen molar-refractivity contribution >= 4 is 22.9 Å². The lowest BCUT2D eigenvalue weighted by Crippen LogP contribution is -2.52. The first-order valence-electron chi connectivity index (χ1n) is 9.25. The quantitative estimate of drug-likeness (QED) is 0.810. The van der Waals surface area contributed by atoms with Crippen LogP contribution in [-0.4, -0.2) is 82.8 Å². The molecule has 2 aromatic heterocycles. The van der Waals surface area contributed by atoms with E-state index in [0.29, 0.717) is 26.3 Å². The molecule has 2 aromatic rings. The monoisotopic (exact) mass is 358 g/mol. The minimum absolute atomic E-state index is 0.124. The fourth-order valence-corrected chi connectivity index (χ4v) is 3.92. The highest BCUT2D eigenvalue weighted by Gasteiger charge is 2.29. The molecule has 0 aromatic carbocycles. The van der Waals surface area contributed by atoms with E-state index < -0.39 is 0 Å². The third-order valence-corrected chi connectivity index (χ3v) is 5.54. The molecule has 0 N–H and O–H groups in total. The summed E-state index contributed by atoms with van der Waals surface area (Å²) in [5.41, 5.74) is 0.955. The van der Waals surface area contributed by atoms with Gasteiger partial charge in [-0.2, -0.15) is 0 Å². The molecular formula is C18H26N6O2. The summed E-state index contributed by atoms with van der Waals surface area (Å²) in [6, 6.07) is 2.47. The number of aromatic nitrogens is 3. The molecule has 0 atom stereocenters. The summed E-state index contributed by atoms with van der Waals surface area (Å²) in [6.07, 6.45) is 5.55. The molecule has 0 aliphatic carbocycles. The van der Waals surface area contributed by atoms with Gasteiger partial charge in [0.1, 0.15) is 17.8 Å². The molecule has 0 saturated carbocycles. The molecule has 140 valence electrons. The smallest absolute Gasteiger partial charge is 0.320 e. The number of amides is 2. The van der Waals surface area contributed by atoms with Crippen LogP contribution >= 0.6 is 0 Å². The van der Waals surface area contributed by atoms with E-state index in [4.69, 9.17) is 4.74 Å². The molecule has 0 unspecified atom stereocenters. The van der Waals surface area contributed by atoms with Crippen LogP contribution in [0.25, 0.3) is 11.0 Å². The zero-order chi connectivity index (χ0) is 18.1. The largest absolute Gasteiger partial charge is 0.378 e. The summed E-state index contributed by atoms with van der Waals surface area (Å²) in [5.74, 6) is 0.996. The molecule has 8 heteroatoms. The lowest BCUT2D eigenvalue weighted by molar-refractivity contribution is 0.0409. The molecule has 0 spiro atoms. The average Bonchev–Trinajstić information content (AvgIpc) is 3.09. The molecular weight excluding hydrogens is 332 g/mol. The molecule has 4 rings (SSSR count). The lowest BCUT2D eigenvalue weighted by atomic mass is 10.0. The van der Waals surface area contributed by atoms with Crippen molar-refractivity contribution < 1.29 is 9.53 Å². The van der Waals surface area contributed by atoms with Gasteiger partial charge in [0.25, 0.3) is 0 Å². The van der Waals surface area contributed by atoms with Gasteiger partial charge in [-0.3, -0.25) is 0 Å². The Balaban J connectivity index is 1.41. The van der Waals surface area contributed by atoms with Gasteiger partial charge in [0.15, 0.2) is 0 Å². The second kappa shape index (κ2) is 7.11. The Morgan fingerprint density at radius 1 is 1.19 bits per heavy atom. The van der Waals surface area contributed by atoms with Crippen molar-refractivity contribution in [2.75, 3.05) is 51.3 Å². The van der Waals surface area contributed by atoms with Gasteiger partial charge in [0.2, 0.25) is 0 Å². The maximum atomic E-state index is 12.7. The summed E-state index contributed by atoms with van der Waals surface area (Å²) in [5, 5.41) is 1.09. The highest BCUT2D eigenvalue weighted by Crippen LogP contribution is 2.27. The highest BCUT2D eigenvalue weighted by atomic mass is 16.5. The van der Waals surface area contributed by atoms with E-state index in [9.17, 15) is 4.79 Å². The van der Waals surface area contributed by atoms with E-state index in [1.54, 1.807) is 6.33 Å². The molecule has 4 heterocycles. The van der Waals surface area contributed by atoms with Crippen LogP contribution in [0.5, 0.6) is 0 Å². The van der Waals surface area contributed by atoms with Crippen molar-refractivity contribution in [1.29, 1.82) is 0 Å². The Morgan fingerprint density at radius 2 is 1.92 bits per heavy atom. The number of nitrogens with zero attached hydrogens (tertiary/aromatic N) is 6. The van der Waals surface area contributed by atoms with E-state index in [2.05, 4.69) is 20.9 Å². The number of hydrogen-bond donors (Lipinski definition) is 0. The number of rotatable bonds is 2. The van der Waals surface area contributed by atoms with E-state index in [1.807, 2.05) is 34.7 Å². The number of carbonyl (C=O) groups is 1. The average molecular weight is 358 g/mol. The fraction of sp³-hybridized carbons (Fsp3) is 0.611. The molecule has 2 fully saturated rings. The number of urea groups is 1. The minimum atomic E-state index is 0.124. The molecule has 2 saturated heterocycles. The third kappa shape index (κ3) is 3.09. The zero-order valence-corrected chi connectivity index (χ0v) is 15.5. The number of morpholine rings is 1. The molecule has 8 nitrogen and oxygen atoms in total. The van der Waals surface area contributed by atoms with Crippen molar-refractivity contribution in [2.45, 2.75) is 18.9 Å². The maximum absolute atomic E-state index is 12.7. The number of ether oxygens (including phenoxy) is 1. The SMILES string of the molecule is CN(C(=O)N1CCOCC1)C1CCN(c2ncnc3c2ccn3C)CC1. The normalized spacial score (nSPS) is 19.2. The predicted octanol–water partition coefficient (Wildman–Crippen LogP) is 1.32. The summed E-state index contributed by atoms with van der Waals surface area (Å²) >= 11 is 0. The first kappa shape index (κ1) is 17.1. The van der Waals surface area contributed by atoms with Crippen LogP contribution < -0.4 is 4.90 Å². The van der Waals surface area contributed by atoms with Crippen LogP contribution in [-0.2, 0) is 11.8 Å². The second-order valence-corrected chi connectivity index (χ2v) is 7.07. The summed E-state index contributed by atoms with van der Waals surface area (Å²) < 4.78 is 7.36. The van der Waals surface area contributed by atoms with Gasteiger partial charge >= 0.3 is 6.03 Å². The van der Waals surface area contributed by atoms with Gasteiger partial charge in [-0.25, -0.2) is 14.8 Å². The van der Waals surface area contributed by atoms with Crippen LogP contribution in [0.2, 0.25) is 0 Å². The first-order chi connectivity index (χ1) is 12.6. The standard InChI is InChI=1S/C18H26N6O2/c1-21-6-5-15-16(21)19-13-20-17(15)23-7-3-14(4-8-23)22(2)18(25)24-9-11-26-12-10-24/h5-6,13-14H,3-4,7-12H2,1-2H3. The van der Waals surface area contributed by atoms with Gasteiger partial charge < -0.3 is 24.0 Å². The summed E-state index contributed by atoms with van der Waals surface area (Å²) in [7, 11) is 3.93. The Bertz CT molecular complexity index is 777. The fourth-order valence-electron chi connectivity index (χ4n) is 3.92. The van der Waals surface area contributed by atoms with Gasteiger partial charge in [-0.15, -0.1) is 0 Å². The molecule has 2 aliphatic heterocycles. The van der Waals surface area contributed by atoms with Crippen molar-refractivity contribution in [3.63, 3.8) is 0 Å². The van der Waals surface area contributed by atoms with Crippen molar-refractivity contribution in [3.8, 4) is 0 Å². The van der Waals surface area contributed by atoms with E-state index in [0.717, 1.165) is 42.8 Å². The van der Waals surface area contributed by atoms with Crippen LogP contribution in [0.3, 0.4) is 0 Å². The van der Waals surface area contributed by atoms with Crippen LogP contribution in [0, 0.1) is 0 Å². The Kier molecular flexibility index (Phi) is 4.67. The summed E-state index contributed by atoms with van der Waals surface area (Å²) in [4.78, 5) is 27.7. The number of piperidine rings is 1. The lowest BCUT2D eigenvalue weighted by Gasteiger charge is -2.40. The highest BCUT2D eigenvalue weighted by molar-refractivity contribution is 5.87. The van der Waals surface area contributed by atoms with E-state index in [1.165, 1.54) is 0 Å². The Hall–Kier alpha value is -2.35.